The molecule has 0 aromatic heterocycles. The summed E-state index contributed by atoms with van der Waals surface area (Å²) in [5, 5.41) is 5.08. The normalized spacial score (nSPS) is 18.1. The summed E-state index contributed by atoms with van der Waals surface area (Å²) in [6, 6.07) is 0. The molecule has 0 aromatic rings. The molecule has 21 heavy (non-hydrogen) atoms. The van der Waals surface area contributed by atoms with Crippen molar-refractivity contribution in [3.8, 4) is 0 Å². The van der Waals surface area contributed by atoms with Crippen molar-refractivity contribution < 1.29 is 13.2 Å². The summed E-state index contributed by atoms with van der Waals surface area (Å²) in [5.41, 5.74) is 5.55. The molecule has 9 heteroatoms. The molecule has 0 spiro atoms. The molecule has 0 aromatic carbocycles. The number of hydrogen-bond acceptors (Lipinski definition) is 4. The van der Waals surface area contributed by atoms with Gasteiger partial charge < -0.3 is 10.6 Å². The van der Waals surface area contributed by atoms with E-state index in [1.807, 2.05) is 13.8 Å². The van der Waals surface area contributed by atoms with Gasteiger partial charge in [0, 0.05) is 32.6 Å². The molecule has 1 aliphatic heterocycles. The highest BCUT2D eigenvalue weighted by Gasteiger charge is 2.32. The zero-order chi connectivity index (χ0) is 15.6. The van der Waals surface area contributed by atoms with Crippen molar-refractivity contribution >= 4 is 28.5 Å². The summed E-state index contributed by atoms with van der Waals surface area (Å²) < 4.78 is 23.7. The average Bonchev–Trinajstić information content (AvgIpc) is 2.36. The molecule has 0 saturated carbocycles. The zero-order valence-electron chi connectivity index (χ0n) is 12.9. The molecule has 1 heterocycles. The minimum Gasteiger partial charge on any atom is -0.345 e. The first-order valence-electron chi connectivity index (χ1n) is 6.80. The first-order chi connectivity index (χ1) is 9.07. The maximum absolute atomic E-state index is 12.3. The first-order valence-corrected chi connectivity index (χ1v) is 8.30. The Morgan fingerprint density at radius 2 is 1.81 bits per heavy atom. The minimum absolute atomic E-state index is 0. The Labute approximate surface area is 133 Å². The predicted octanol–water partition coefficient (Wildman–Crippen LogP) is -0.233. The quantitative estimate of drug-likeness (QED) is 0.718. The molecular formula is C12H27ClN4O3S. The first kappa shape index (κ1) is 20.6. The lowest BCUT2D eigenvalue weighted by atomic mass is 9.91. The number of hydrogen-bond donors (Lipinski definition) is 2. The van der Waals surface area contributed by atoms with Crippen molar-refractivity contribution in [3.05, 3.63) is 0 Å². The van der Waals surface area contributed by atoms with Gasteiger partial charge in [-0.15, -0.1) is 12.4 Å². The number of rotatable bonds is 5. The highest BCUT2D eigenvalue weighted by Crippen LogP contribution is 2.22. The molecule has 1 aliphatic rings. The van der Waals surface area contributed by atoms with E-state index in [9.17, 15) is 13.2 Å². The lowest BCUT2D eigenvalue weighted by Gasteiger charge is -2.34. The smallest absolute Gasteiger partial charge is 0.276 e. The number of carbonyl (C=O) groups is 1. The summed E-state index contributed by atoms with van der Waals surface area (Å²) in [7, 11) is -1.87. The Balaban J connectivity index is 0.00000400. The van der Waals surface area contributed by atoms with Gasteiger partial charge in [0.05, 0.1) is 0 Å². The molecule has 0 radical (unpaired) electrons. The lowest BCUT2D eigenvalue weighted by Crippen LogP contribution is -2.47. The highest BCUT2D eigenvalue weighted by molar-refractivity contribution is 7.86. The molecule has 7 nitrogen and oxygen atoms in total. The van der Waals surface area contributed by atoms with Gasteiger partial charge in [-0.2, -0.15) is 12.7 Å². The highest BCUT2D eigenvalue weighted by atomic mass is 35.5. The Bertz CT molecular complexity index is 447. The maximum atomic E-state index is 12.3. The fraction of sp³-hybridized carbons (Fsp3) is 0.917. The fourth-order valence-electron chi connectivity index (χ4n) is 2.45. The van der Waals surface area contributed by atoms with Crippen molar-refractivity contribution in [2.24, 2.45) is 22.2 Å². The number of piperidine rings is 1. The Hall–Kier alpha value is -0.410. The van der Waals surface area contributed by atoms with Crippen LogP contribution in [0.2, 0.25) is 0 Å². The Morgan fingerprint density at radius 1 is 1.33 bits per heavy atom. The van der Waals surface area contributed by atoms with Crippen LogP contribution in [-0.2, 0) is 15.0 Å². The predicted molar refractivity (Wildman–Crippen MR) is 85.1 cm³/mol. The molecule has 1 amide bonds. The van der Waals surface area contributed by atoms with Crippen LogP contribution >= 0.6 is 12.4 Å². The lowest BCUT2D eigenvalue weighted by molar-refractivity contribution is -0.136. The molecule has 1 fully saturated rings. The van der Waals surface area contributed by atoms with E-state index < -0.39 is 10.2 Å². The monoisotopic (exact) mass is 342 g/mol. The second-order valence-corrected chi connectivity index (χ2v) is 7.83. The van der Waals surface area contributed by atoms with Crippen LogP contribution in [0, 0.1) is 11.3 Å². The van der Waals surface area contributed by atoms with E-state index >= 15 is 0 Å². The summed E-state index contributed by atoms with van der Waals surface area (Å²) in [5.74, 6) is -0.0767. The summed E-state index contributed by atoms with van der Waals surface area (Å²) in [6.07, 6.45) is 1.03. The van der Waals surface area contributed by atoms with E-state index in [1.54, 1.807) is 11.9 Å². The third-order valence-corrected chi connectivity index (χ3v) is 4.84. The largest absolute Gasteiger partial charge is 0.345 e. The summed E-state index contributed by atoms with van der Waals surface area (Å²) in [6.45, 7) is 5.75. The van der Waals surface area contributed by atoms with Crippen LogP contribution in [0.25, 0.3) is 0 Å². The average molecular weight is 343 g/mol. The van der Waals surface area contributed by atoms with Crippen LogP contribution < -0.4 is 10.9 Å². The standard InChI is InChI=1S/C12H26N4O3S.ClH/c1-12(2,8-13)9-15(3)11(17)10-4-6-16(7-5-10)20(14,18)19;/h10H,4-9,13H2,1-3H3,(H2,14,18,19);1H. The third kappa shape index (κ3) is 6.07. The third-order valence-electron chi connectivity index (χ3n) is 3.76. The topological polar surface area (TPSA) is 110 Å². The van der Waals surface area contributed by atoms with Gasteiger partial charge in [-0.1, -0.05) is 13.8 Å². The molecular weight excluding hydrogens is 316 g/mol. The van der Waals surface area contributed by atoms with Crippen LogP contribution in [0.1, 0.15) is 26.7 Å². The summed E-state index contributed by atoms with van der Waals surface area (Å²) in [4.78, 5) is 14.0. The molecule has 0 bridgehead atoms. The van der Waals surface area contributed by atoms with E-state index in [0.29, 0.717) is 39.0 Å². The van der Waals surface area contributed by atoms with E-state index in [-0.39, 0.29) is 29.6 Å². The number of amides is 1. The Kier molecular flexibility index (Phi) is 7.58. The van der Waals surface area contributed by atoms with Crippen LogP contribution in [0.15, 0.2) is 0 Å². The zero-order valence-corrected chi connectivity index (χ0v) is 14.5. The van der Waals surface area contributed by atoms with Gasteiger partial charge in [-0.05, 0) is 24.8 Å². The SMILES string of the molecule is CN(CC(C)(C)CN)C(=O)C1CCN(S(N)(=O)=O)CC1.Cl. The fourth-order valence-corrected chi connectivity index (χ4v) is 3.17. The molecule has 126 valence electrons. The molecule has 0 aliphatic carbocycles. The number of halogens is 1. The van der Waals surface area contributed by atoms with E-state index in [4.69, 9.17) is 10.9 Å². The van der Waals surface area contributed by atoms with Crippen molar-refractivity contribution in [1.82, 2.24) is 9.21 Å². The molecule has 4 N–H and O–H groups in total. The number of carbonyl (C=O) groups excluding carboxylic acids is 1. The van der Waals surface area contributed by atoms with Gasteiger partial charge in [0.15, 0.2) is 0 Å². The molecule has 0 atom stereocenters. The van der Waals surface area contributed by atoms with Crippen molar-refractivity contribution in [2.75, 3.05) is 33.2 Å². The van der Waals surface area contributed by atoms with Crippen molar-refractivity contribution in [3.63, 3.8) is 0 Å². The summed E-state index contributed by atoms with van der Waals surface area (Å²) >= 11 is 0. The van der Waals surface area contributed by atoms with Crippen LogP contribution in [0.4, 0.5) is 0 Å². The van der Waals surface area contributed by atoms with Gasteiger partial charge in [0.1, 0.15) is 0 Å². The van der Waals surface area contributed by atoms with Crippen molar-refractivity contribution in [1.29, 1.82) is 0 Å². The van der Waals surface area contributed by atoms with Crippen molar-refractivity contribution in [2.45, 2.75) is 26.7 Å². The second kappa shape index (κ2) is 7.73. The number of nitrogens with two attached hydrogens (primary N) is 2. The van der Waals surface area contributed by atoms with Gasteiger partial charge in [0.25, 0.3) is 10.2 Å². The van der Waals surface area contributed by atoms with Gasteiger partial charge in [-0.3, -0.25) is 4.79 Å². The molecule has 1 rings (SSSR count). The van der Waals surface area contributed by atoms with Gasteiger partial charge in [-0.25, -0.2) is 5.14 Å². The number of nitrogens with zero attached hydrogens (tertiary/aromatic N) is 2. The van der Waals surface area contributed by atoms with Crippen LogP contribution in [-0.4, -0.2) is 56.8 Å². The van der Waals surface area contributed by atoms with Gasteiger partial charge in [0.2, 0.25) is 5.91 Å². The molecule has 1 saturated heterocycles. The van der Waals surface area contributed by atoms with Gasteiger partial charge >= 0.3 is 0 Å². The Morgan fingerprint density at radius 3 is 2.19 bits per heavy atom. The van der Waals surface area contributed by atoms with Crippen LogP contribution in [0.3, 0.4) is 0 Å². The van der Waals surface area contributed by atoms with E-state index in [2.05, 4.69) is 0 Å². The second-order valence-electron chi connectivity index (χ2n) is 6.28. The molecule has 0 unspecified atom stereocenters. The van der Waals surface area contributed by atoms with E-state index in [0.717, 1.165) is 0 Å². The van der Waals surface area contributed by atoms with E-state index in [1.165, 1.54) is 4.31 Å². The van der Waals surface area contributed by atoms with Crippen LogP contribution in [0.5, 0.6) is 0 Å². The maximum Gasteiger partial charge on any atom is 0.276 e. The minimum atomic E-state index is -3.64.